The molecule has 0 aliphatic rings. The van der Waals surface area contributed by atoms with Crippen LogP contribution in [0.3, 0.4) is 0 Å². The van der Waals surface area contributed by atoms with Crippen LogP contribution in [-0.4, -0.2) is 14.8 Å². The van der Waals surface area contributed by atoms with Gasteiger partial charge >= 0.3 is 0 Å². The molecular weight excluding hydrogens is 324 g/mol. The van der Waals surface area contributed by atoms with E-state index in [2.05, 4.69) is 16.2 Å². The number of nitriles is 1. The van der Waals surface area contributed by atoms with Crippen molar-refractivity contribution >= 4 is 23.3 Å². The second-order valence-electron chi connectivity index (χ2n) is 5.82. The van der Waals surface area contributed by atoms with Gasteiger partial charge in [0.05, 0.1) is 24.7 Å². The van der Waals surface area contributed by atoms with Crippen LogP contribution in [0.25, 0.3) is 34.5 Å². The van der Waals surface area contributed by atoms with Gasteiger partial charge in [0, 0.05) is 23.4 Å². The molecule has 5 nitrogen and oxygen atoms in total. The standard InChI is InChI=1S/C21H16N4O/c22-13-6-14-25-15-17(21(24-25)16-7-2-1-3-8-16)11-12-20-23-18-9-4-5-10-19(18)26-20/h1-5,7-12,15H,6,14H2/b12-11+. The van der Waals surface area contributed by atoms with Gasteiger partial charge in [-0.15, -0.1) is 0 Å². The normalized spacial score (nSPS) is 11.2. The van der Waals surface area contributed by atoms with Crippen LogP contribution in [0.4, 0.5) is 0 Å². The quantitative estimate of drug-likeness (QED) is 0.524. The van der Waals surface area contributed by atoms with Crippen LogP contribution in [0.1, 0.15) is 17.9 Å². The lowest BCUT2D eigenvalue weighted by Gasteiger charge is -1.98. The van der Waals surface area contributed by atoms with Gasteiger partial charge in [0.2, 0.25) is 5.89 Å². The Kier molecular flexibility index (Phi) is 4.31. The van der Waals surface area contributed by atoms with E-state index in [0.29, 0.717) is 18.9 Å². The van der Waals surface area contributed by atoms with Crippen LogP contribution >= 0.6 is 0 Å². The average molecular weight is 340 g/mol. The van der Waals surface area contributed by atoms with Crippen molar-refractivity contribution in [3.8, 4) is 17.3 Å². The van der Waals surface area contributed by atoms with Crippen molar-refractivity contribution in [3.05, 3.63) is 72.2 Å². The minimum Gasteiger partial charge on any atom is -0.437 e. The Morgan fingerprint density at radius 1 is 1.04 bits per heavy atom. The zero-order valence-electron chi connectivity index (χ0n) is 14.0. The molecule has 0 radical (unpaired) electrons. The second-order valence-corrected chi connectivity index (χ2v) is 5.82. The number of aromatic nitrogens is 3. The van der Waals surface area contributed by atoms with E-state index in [1.54, 1.807) is 4.68 Å². The Labute approximate surface area is 150 Å². The fraction of sp³-hybridized carbons (Fsp3) is 0.0952. The molecule has 0 saturated carbocycles. The first-order chi connectivity index (χ1) is 12.8. The van der Waals surface area contributed by atoms with Crippen LogP contribution in [0, 0.1) is 11.3 Å². The fourth-order valence-electron chi connectivity index (χ4n) is 2.78. The highest BCUT2D eigenvalue weighted by atomic mass is 16.3. The Balaban J connectivity index is 1.70. The minimum atomic E-state index is 0.421. The van der Waals surface area contributed by atoms with E-state index < -0.39 is 0 Å². The molecule has 0 bridgehead atoms. The maximum atomic E-state index is 8.82. The molecule has 0 atom stereocenters. The van der Waals surface area contributed by atoms with Crippen molar-refractivity contribution < 1.29 is 4.42 Å². The first kappa shape index (κ1) is 15.9. The van der Waals surface area contributed by atoms with Crippen molar-refractivity contribution in [2.75, 3.05) is 0 Å². The van der Waals surface area contributed by atoms with Gasteiger partial charge in [0.15, 0.2) is 5.58 Å². The third kappa shape index (κ3) is 3.26. The molecule has 5 heteroatoms. The van der Waals surface area contributed by atoms with Crippen LogP contribution < -0.4 is 0 Å². The molecule has 26 heavy (non-hydrogen) atoms. The Morgan fingerprint density at radius 2 is 1.85 bits per heavy atom. The van der Waals surface area contributed by atoms with E-state index in [-0.39, 0.29) is 0 Å². The third-order valence-corrected chi connectivity index (χ3v) is 4.01. The predicted molar refractivity (Wildman–Crippen MR) is 101 cm³/mol. The minimum absolute atomic E-state index is 0.421. The number of fused-ring (bicyclic) bond motifs is 1. The van der Waals surface area contributed by atoms with E-state index in [9.17, 15) is 0 Å². The summed E-state index contributed by atoms with van der Waals surface area (Å²) in [6, 6.07) is 19.8. The maximum absolute atomic E-state index is 8.82. The molecule has 0 amide bonds. The summed E-state index contributed by atoms with van der Waals surface area (Å²) in [6.45, 7) is 0.563. The van der Waals surface area contributed by atoms with Crippen LogP contribution in [-0.2, 0) is 6.54 Å². The SMILES string of the molecule is N#CCCn1cc(/C=C/c2nc3ccccc3o2)c(-c2ccccc2)n1. The summed E-state index contributed by atoms with van der Waals surface area (Å²) < 4.78 is 7.54. The van der Waals surface area contributed by atoms with E-state index in [1.807, 2.05) is 72.9 Å². The van der Waals surface area contributed by atoms with Crippen molar-refractivity contribution in [2.24, 2.45) is 0 Å². The molecule has 0 saturated heterocycles. The Hall–Kier alpha value is -3.65. The molecule has 0 unspecified atom stereocenters. The number of hydrogen-bond donors (Lipinski definition) is 0. The average Bonchev–Trinajstić information content (AvgIpc) is 3.29. The lowest BCUT2D eigenvalue weighted by Crippen LogP contribution is -1.97. The fourth-order valence-corrected chi connectivity index (χ4v) is 2.78. The zero-order chi connectivity index (χ0) is 17.8. The number of hydrogen-bond acceptors (Lipinski definition) is 4. The molecule has 0 N–H and O–H groups in total. The molecular formula is C21H16N4O. The topological polar surface area (TPSA) is 67.6 Å². The van der Waals surface area contributed by atoms with Crippen LogP contribution in [0.2, 0.25) is 0 Å². The van der Waals surface area contributed by atoms with Crippen LogP contribution in [0.15, 0.2) is 65.2 Å². The molecule has 2 aromatic carbocycles. The van der Waals surface area contributed by atoms with Gasteiger partial charge in [-0.2, -0.15) is 10.4 Å². The summed E-state index contributed by atoms with van der Waals surface area (Å²) in [7, 11) is 0. The second kappa shape index (κ2) is 7.08. The van der Waals surface area contributed by atoms with Gasteiger partial charge in [-0.1, -0.05) is 42.5 Å². The van der Waals surface area contributed by atoms with Gasteiger partial charge in [-0.25, -0.2) is 4.98 Å². The van der Waals surface area contributed by atoms with Crippen molar-refractivity contribution in [2.45, 2.75) is 13.0 Å². The molecule has 0 aliphatic carbocycles. The molecule has 0 aliphatic heterocycles. The van der Waals surface area contributed by atoms with E-state index in [0.717, 1.165) is 27.9 Å². The highest BCUT2D eigenvalue weighted by Gasteiger charge is 2.09. The molecule has 4 rings (SSSR count). The maximum Gasteiger partial charge on any atom is 0.220 e. The highest BCUT2D eigenvalue weighted by Crippen LogP contribution is 2.24. The first-order valence-corrected chi connectivity index (χ1v) is 8.37. The number of oxazole rings is 1. The number of aryl methyl sites for hydroxylation is 1. The predicted octanol–water partition coefficient (Wildman–Crippen LogP) is 4.78. The summed E-state index contributed by atoms with van der Waals surface area (Å²) >= 11 is 0. The molecule has 0 fully saturated rings. The zero-order valence-corrected chi connectivity index (χ0v) is 14.0. The first-order valence-electron chi connectivity index (χ1n) is 8.37. The number of rotatable bonds is 5. The van der Waals surface area contributed by atoms with E-state index in [1.165, 1.54) is 0 Å². The molecule has 2 heterocycles. The summed E-state index contributed by atoms with van der Waals surface area (Å²) in [5.74, 6) is 0.551. The van der Waals surface area contributed by atoms with Gasteiger partial charge in [0.1, 0.15) is 5.52 Å². The smallest absolute Gasteiger partial charge is 0.220 e. The van der Waals surface area contributed by atoms with E-state index >= 15 is 0 Å². The summed E-state index contributed by atoms with van der Waals surface area (Å²) in [6.07, 6.45) is 6.16. The lowest BCUT2D eigenvalue weighted by molar-refractivity contribution is 0.589. The number of benzene rings is 2. The summed E-state index contributed by atoms with van der Waals surface area (Å²) in [4.78, 5) is 4.46. The van der Waals surface area contributed by atoms with Crippen molar-refractivity contribution in [3.63, 3.8) is 0 Å². The monoisotopic (exact) mass is 340 g/mol. The lowest BCUT2D eigenvalue weighted by atomic mass is 10.1. The number of para-hydroxylation sites is 2. The Morgan fingerprint density at radius 3 is 2.65 bits per heavy atom. The number of nitrogens with zero attached hydrogens (tertiary/aromatic N) is 4. The largest absolute Gasteiger partial charge is 0.437 e. The molecule has 4 aromatic rings. The van der Waals surface area contributed by atoms with Crippen molar-refractivity contribution in [1.82, 2.24) is 14.8 Å². The van der Waals surface area contributed by atoms with Crippen LogP contribution in [0.5, 0.6) is 0 Å². The van der Waals surface area contributed by atoms with Gasteiger partial charge in [-0.3, -0.25) is 4.68 Å². The van der Waals surface area contributed by atoms with Gasteiger partial charge < -0.3 is 4.42 Å². The summed E-state index contributed by atoms with van der Waals surface area (Å²) in [5.41, 5.74) is 4.45. The highest BCUT2D eigenvalue weighted by molar-refractivity contribution is 5.79. The molecule has 2 aromatic heterocycles. The van der Waals surface area contributed by atoms with Gasteiger partial charge in [0.25, 0.3) is 0 Å². The van der Waals surface area contributed by atoms with Crippen molar-refractivity contribution in [1.29, 1.82) is 5.26 Å². The van der Waals surface area contributed by atoms with Gasteiger partial charge in [-0.05, 0) is 18.2 Å². The van der Waals surface area contributed by atoms with E-state index in [4.69, 9.17) is 9.68 Å². The molecule has 126 valence electrons. The molecule has 0 spiro atoms. The Bertz CT molecular complexity index is 1070. The summed E-state index contributed by atoms with van der Waals surface area (Å²) in [5, 5.41) is 13.5. The third-order valence-electron chi connectivity index (χ3n) is 4.01.